The minimum absolute atomic E-state index is 0.0352. The van der Waals surface area contributed by atoms with Gasteiger partial charge in [0.05, 0.1) is 37.0 Å². The first-order valence-corrected chi connectivity index (χ1v) is 8.78. The van der Waals surface area contributed by atoms with Gasteiger partial charge in [0.2, 0.25) is 5.91 Å². The summed E-state index contributed by atoms with van der Waals surface area (Å²) < 4.78 is 7.25. The second-order valence-electron chi connectivity index (χ2n) is 6.81. The van der Waals surface area contributed by atoms with Crippen molar-refractivity contribution in [2.75, 3.05) is 5.32 Å². The molecular weight excluding hydrogens is 328 g/mol. The van der Waals surface area contributed by atoms with E-state index in [1.165, 1.54) is 11.3 Å². The van der Waals surface area contributed by atoms with Crippen LogP contribution in [0.1, 0.15) is 28.8 Å². The molecule has 0 fully saturated rings. The van der Waals surface area contributed by atoms with E-state index in [-0.39, 0.29) is 11.8 Å². The zero-order valence-electron chi connectivity index (χ0n) is 14.2. The van der Waals surface area contributed by atoms with Crippen molar-refractivity contribution in [3.05, 3.63) is 71.7 Å². The van der Waals surface area contributed by atoms with Crippen molar-refractivity contribution in [2.24, 2.45) is 10.9 Å². The van der Waals surface area contributed by atoms with Crippen LogP contribution in [0.3, 0.4) is 0 Å². The summed E-state index contributed by atoms with van der Waals surface area (Å²) in [7, 11) is 0. The van der Waals surface area contributed by atoms with Crippen LogP contribution in [-0.2, 0) is 24.3 Å². The number of furan rings is 1. The summed E-state index contributed by atoms with van der Waals surface area (Å²) in [6.45, 7) is 1.35. The van der Waals surface area contributed by atoms with Crippen molar-refractivity contribution in [1.82, 2.24) is 9.55 Å². The van der Waals surface area contributed by atoms with Crippen LogP contribution in [0.5, 0.6) is 0 Å². The first-order chi connectivity index (χ1) is 12.8. The molecule has 26 heavy (non-hydrogen) atoms. The third kappa shape index (κ3) is 2.54. The maximum absolute atomic E-state index is 12.7. The molecule has 0 spiro atoms. The Balaban J connectivity index is 1.35. The van der Waals surface area contributed by atoms with Crippen molar-refractivity contribution in [3.8, 4) is 0 Å². The van der Waals surface area contributed by atoms with Gasteiger partial charge in [-0.25, -0.2) is 4.98 Å². The topological polar surface area (TPSA) is 72.4 Å². The molecule has 1 aromatic carbocycles. The lowest BCUT2D eigenvalue weighted by atomic mass is 9.97. The van der Waals surface area contributed by atoms with Crippen LogP contribution in [0.15, 0.2) is 58.7 Å². The molecule has 1 unspecified atom stereocenters. The van der Waals surface area contributed by atoms with Crippen molar-refractivity contribution >= 4 is 17.3 Å². The summed E-state index contributed by atoms with van der Waals surface area (Å²) in [4.78, 5) is 21.5. The number of nitrogens with one attached hydrogen (secondary N) is 1. The zero-order valence-corrected chi connectivity index (χ0v) is 14.2. The monoisotopic (exact) mass is 346 g/mol. The largest absolute Gasteiger partial charge is 0.472 e. The van der Waals surface area contributed by atoms with Crippen molar-refractivity contribution in [2.45, 2.75) is 25.9 Å². The number of nitrogens with zero attached hydrogens (tertiary/aromatic N) is 3. The van der Waals surface area contributed by atoms with Crippen LogP contribution >= 0.6 is 0 Å². The number of anilines is 1. The lowest BCUT2D eigenvalue weighted by Gasteiger charge is -2.23. The number of carbonyl (C=O) groups excluding carboxylic acids is 1. The number of hydrogen-bond acceptors (Lipinski definition) is 4. The number of aryl methyl sites for hydroxylation is 1. The summed E-state index contributed by atoms with van der Waals surface area (Å²) in [5.41, 5.74) is 6.12. The fourth-order valence-corrected chi connectivity index (χ4v) is 3.74. The maximum atomic E-state index is 12.7. The average Bonchev–Trinajstić information content (AvgIpc) is 3.40. The number of amides is 1. The van der Waals surface area contributed by atoms with E-state index < -0.39 is 0 Å². The third-order valence-electron chi connectivity index (χ3n) is 5.17. The minimum atomic E-state index is -0.0352. The molecule has 2 aliphatic heterocycles. The molecule has 6 nitrogen and oxygen atoms in total. The van der Waals surface area contributed by atoms with Crippen molar-refractivity contribution in [1.29, 1.82) is 0 Å². The summed E-state index contributed by atoms with van der Waals surface area (Å²) >= 11 is 0. The minimum Gasteiger partial charge on any atom is -0.472 e. The first kappa shape index (κ1) is 15.1. The molecule has 0 aliphatic carbocycles. The van der Waals surface area contributed by atoms with E-state index >= 15 is 0 Å². The van der Waals surface area contributed by atoms with Gasteiger partial charge in [0.25, 0.3) is 0 Å². The third-order valence-corrected chi connectivity index (χ3v) is 5.17. The normalized spacial score (nSPS) is 18.2. The average molecular weight is 346 g/mol. The SMILES string of the molecule is O=C(Nc1ccc2c(c1)C(c1ccoc1)=NC2)C1CCc2cncn2C1. The van der Waals surface area contributed by atoms with E-state index in [9.17, 15) is 4.79 Å². The summed E-state index contributed by atoms with van der Waals surface area (Å²) in [6, 6.07) is 7.91. The van der Waals surface area contributed by atoms with Crippen LogP contribution in [-0.4, -0.2) is 21.2 Å². The highest BCUT2D eigenvalue weighted by molar-refractivity contribution is 6.15. The van der Waals surface area contributed by atoms with E-state index in [4.69, 9.17) is 4.42 Å². The van der Waals surface area contributed by atoms with E-state index in [0.29, 0.717) is 13.1 Å². The summed E-state index contributed by atoms with van der Waals surface area (Å²) in [5, 5.41) is 3.08. The number of fused-ring (bicyclic) bond motifs is 2. The molecule has 0 radical (unpaired) electrons. The highest BCUT2D eigenvalue weighted by Gasteiger charge is 2.25. The van der Waals surface area contributed by atoms with Gasteiger partial charge in [-0.3, -0.25) is 9.79 Å². The molecule has 6 heteroatoms. The second kappa shape index (κ2) is 5.98. The predicted octanol–water partition coefficient (Wildman–Crippen LogP) is 3.03. The molecule has 5 rings (SSSR count). The number of carbonyl (C=O) groups is 1. The van der Waals surface area contributed by atoms with Crippen molar-refractivity contribution < 1.29 is 9.21 Å². The van der Waals surface area contributed by atoms with Gasteiger partial charge in [-0.05, 0) is 36.6 Å². The highest BCUT2D eigenvalue weighted by Crippen LogP contribution is 2.27. The lowest BCUT2D eigenvalue weighted by molar-refractivity contribution is -0.120. The van der Waals surface area contributed by atoms with E-state index in [2.05, 4.69) is 19.9 Å². The molecule has 2 aromatic heterocycles. The molecule has 0 bridgehead atoms. The number of aromatic nitrogens is 2. The van der Waals surface area contributed by atoms with Gasteiger partial charge in [-0.2, -0.15) is 0 Å². The molecule has 1 atom stereocenters. The molecule has 4 heterocycles. The molecular formula is C20H18N4O2. The maximum Gasteiger partial charge on any atom is 0.229 e. The Kier molecular flexibility index (Phi) is 3.48. The van der Waals surface area contributed by atoms with Gasteiger partial charge in [0, 0.05) is 35.2 Å². The molecule has 3 aromatic rings. The smallest absolute Gasteiger partial charge is 0.229 e. The fraction of sp³-hybridized carbons (Fsp3) is 0.250. The Morgan fingerprint density at radius 2 is 2.27 bits per heavy atom. The number of rotatable bonds is 3. The van der Waals surface area contributed by atoms with Crippen LogP contribution in [0.2, 0.25) is 0 Å². The van der Waals surface area contributed by atoms with Crippen LogP contribution in [0.4, 0.5) is 5.69 Å². The van der Waals surface area contributed by atoms with Crippen molar-refractivity contribution in [3.63, 3.8) is 0 Å². The summed E-state index contributed by atoms with van der Waals surface area (Å²) in [5.74, 6) is 0.0241. The van der Waals surface area contributed by atoms with E-state index in [1.807, 2.05) is 30.5 Å². The quantitative estimate of drug-likeness (QED) is 0.792. The van der Waals surface area contributed by atoms with Crippen LogP contribution in [0.25, 0.3) is 0 Å². The van der Waals surface area contributed by atoms with Gasteiger partial charge in [0.1, 0.15) is 0 Å². The molecule has 1 amide bonds. The van der Waals surface area contributed by atoms with Gasteiger partial charge in [-0.1, -0.05) is 6.07 Å². The number of benzene rings is 1. The molecule has 1 N–H and O–H groups in total. The standard InChI is InChI=1S/C20H18N4O2/c25-20(14-2-4-17-9-21-12-24(17)10-14)23-16-3-1-13-8-22-19(18(13)7-16)15-5-6-26-11-15/h1,3,5-7,9,11-12,14H,2,4,8,10H2,(H,23,25). The van der Waals surface area contributed by atoms with Gasteiger partial charge < -0.3 is 14.3 Å². The van der Waals surface area contributed by atoms with Crippen LogP contribution < -0.4 is 5.32 Å². The highest BCUT2D eigenvalue weighted by atomic mass is 16.3. The molecule has 130 valence electrons. The Hall–Kier alpha value is -3.15. The number of hydrogen-bond donors (Lipinski definition) is 1. The zero-order chi connectivity index (χ0) is 17.5. The lowest BCUT2D eigenvalue weighted by Crippen LogP contribution is -2.30. The van der Waals surface area contributed by atoms with Crippen LogP contribution in [0, 0.1) is 5.92 Å². The van der Waals surface area contributed by atoms with E-state index in [0.717, 1.165) is 35.4 Å². The Labute approximate surface area is 150 Å². The Bertz CT molecular complexity index is 1000. The summed E-state index contributed by atoms with van der Waals surface area (Å²) in [6.07, 6.45) is 8.77. The van der Waals surface area contributed by atoms with E-state index in [1.54, 1.807) is 18.9 Å². The Morgan fingerprint density at radius 1 is 1.31 bits per heavy atom. The number of imidazole rings is 1. The predicted molar refractivity (Wildman–Crippen MR) is 97.2 cm³/mol. The fourth-order valence-electron chi connectivity index (χ4n) is 3.74. The van der Waals surface area contributed by atoms with Gasteiger partial charge >= 0.3 is 0 Å². The molecule has 0 saturated heterocycles. The molecule has 2 aliphatic rings. The Morgan fingerprint density at radius 3 is 3.15 bits per heavy atom. The van der Waals surface area contributed by atoms with Gasteiger partial charge in [-0.15, -0.1) is 0 Å². The molecule has 0 saturated carbocycles. The first-order valence-electron chi connectivity index (χ1n) is 8.78. The van der Waals surface area contributed by atoms with Gasteiger partial charge in [0.15, 0.2) is 0 Å². The second-order valence-corrected chi connectivity index (χ2v) is 6.81. The number of aliphatic imine (C=N–C) groups is 1.